The molecule has 0 fully saturated rings. The molecule has 2 atom stereocenters. The summed E-state index contributed by atoms with van der Waals surface area (Å²) in [7, 11) is 1.14. The topological polar surface area (TPSA) is 129 Å². The van der Waals surface area contributed by atoms with Gasteiger partial charge < -0.3 is 20.7 Å². The monoisotopic (exact) mass is 319 g/mol. The molecular formula is C15H17N3O5. The van der Waals surface area contributed by atoms with Gasteiger partial charge in [0.15, 0.2) is 6.10 Å². The third-order valence-corrected chi connectivity index (χ3v) is 3.05. The largest absolute Gasteiger partial charge is 0.467 e. The van der Waals surface area contributed by atoms with Gasteiger partial charge in [0.2, 0.25) is 5.78 Å². The van der Waals surface area contributed by atoms with Crippen LogP contribution in [0.3, 0.4) is 0 Å². The first-order valence-corrected chi connectivity index (χ1v) is 6.81. The molecule has 0 unspecified atom stereocenters. The Morgan fingerprint density at radius 2 is 2.00 bits per heavy atom. The fraction of sp³-hybridized carbons (Fsp3) is 0.333. The molecule has 0 aromatic heterocycles. The summed E-state index contributed by atoms with van der Waals surface area (Å²) in [6, 6.07) is 7.10. The van der Waals surface area contributed by atoms with Crippen molar-refractivity contribution in [2.24, 2.45) is 0 Å². The van der Waals surface area contributed by atoms with Crippen molar-refractivity contribution in [3.63, 3.8) is 0 Å². The molecular weight excluding hydrogens is 302 g/mol. The molecule has 122 valence electrons. The Morgan fingerprint density at radius 3 is 2.57 bits per heavy atom. The lowest BCUT2D eigenvalue weighted by Gasteiger charge is -2.18. The van der Waals surface area contributed by atoms with Crippen LogP contribution in [0.25, 0.3) is 5.53 Å². The van der Waals surface area contributed by atoms with Crippen LogP contribution in [0.5, 0.6) is 0 Å². The normalized spacial score (nSPS) is 12.4. The highest BCUT2D eigenvalue weighted by atomic mass is 16.5. The number of methoxy groups -OCH3 is 1. The number of carbonyl (C=O) groups is 3. The fourth-order valence-corrected chi connectivity index (χ4v) is 1.84. The quantitative estimate of drug-likeness (QED) is 0.302. The van der Waals surface area contributed by atoms with Crippen LogP contribution in [0.2, 0.25) is 0 Å². The third-order valence-electron chi connectivity index (χ3n) is 3.05. The summed E-state index contributed by atoms with van der Waals surface area (Å²) in [4.78, 5) is 37.6. The van der Waals surface area contributed by atoms with Gasteiger partial charge in [-0.3, -0.25) is 9.59 Å². The summed E-state index contributed by atoms with van der Waals surface area (Å²) in [6.45, 7) is 0. The van der Waals surface area contributed by atoms with E-state index in [1.807, 2.05) is 0 Å². The minimum absolute atomic E-state index is 0.0508. The molecule has 0 spiro atoms. The lowest BCUT2D eigenvalue weighted by molar-refractivity contribution is -0.146. The van der Waals surface area contributed by atoms with E-state index in [2.05, 4.69) is 14.8 Å². The van der Waals surface area contributed by atoms with Crippen molar-refractivity contribution in [3.8, 4) is 0 Å². The molecule has 0 saturated carbocycles. The van der Waals surface area contributed by atoms with Gasteiger partial charge >= 0.3 is 12.2 Å². The van der Waals surface area contributed by atoms with Crippen molar-refractivity contribution in [2.45, 2.75) is 25.0 Å². The Balaban J connectivity index is 2.72. The first-order chi connectivity index (χ1) is 11.0. The fourth-order valence-electron chi connectivity index (χ4n) is 1.84. The maximum Gasteiger partial charge on any atom is 0.328 e. The van der Waals surface area contributed by atoms with E-state index in [9.17, 15) is 19.5 Å². The lowest BCUT2D eigenvalue weighted by Crippen LogP contribution is -2.44. The smallest absolute Gasteiger partial charge is 0.328 e. The van der Waals surface area contributed by atoms with Gasteiger partial charge in [-0.2, -0.15) is 4.79 Å². The molecule has 1 aromatic carbocycles. The summed E-state index contributed by atoms with van der Waals surface area (Å²) < 4.78 is 4.56. The highest BCUT2D eigenvalue weighted by molar-refractivity contribution is 6.25. The second kappa shape index (κ2) is 9.24. The minimum Gasteiger partial charge on any atom is -0.467 e. The molecule has 0 aliphatic heterocycles. The van der Waals surface area contributed by atoms with Crippen LogP contribution in [0.15, 0.2) is 30.3 Å². The van der Waals surface area contributed by atoms with Crippen molar-refractivity contribution in [2.75, 3.05) is 7.11 Å². The van der Waals surface area contributed by atoms with Gasteiger partial charge in [0.1, 0.15) is 6.04 Å². The summed E-state index contributed by atoms with van der Waals surface area (Å²) in [5.74, 6) is -2.04. The molecule has 0 aliphatic rings. The van der Waals surface area contributed by atoms with Gasteiger partial charge in [-0.1, -0.05) is 30.3 Å². The van der Waals surface area contributed by atoms with Crippen LogP contribution >= 0.6 is 0 Å². The van der Waals surface area contributed by atoms with Crippen LogP contribution in [-0.4, -0.2) is 46.9 Å². The number of nitrogens with one attached hydrogen (secondary N) is 1. The number of aliphatic hydroxyl groups is 1. The Bertz CT molecular complexity index is 611. The number of nitrogens with zero attached hydrogens (tertiary/aromatic N) is 2. The standard InChI is InChI=1S/C15H17N3O5/c1-23-15(22)12(8-7-11(19)9-17-16)18-14(21)13(20)10-5-3-2-4-6-10/h2-6,9,12-13,20H,7-8H2,1H3,(H,18,21)/t12-,13-/m0/s1. The summed E-state index contributed by atoms with van der Waals surface area (Å²) in [5, 5.41) is 12.3. The number of benzene rings is 1. The summed E-state index contributed by atoms with van der Waals surface area (Å²) >= 11 is 0. The predicted octanol–water partition coefficient (Wildman–Crippen LogP) is 0.0277. The Kier molecular flexibility index (Phi) is 7.32. The lowest BCUT2D eigenvalue weighted by atomic mass is 10.1. The van der Waals surface area contributed by atoms with Gasteiger partial charge in [-0.05, 0) is 12.0 Å². The van der Waals surface area contributed by atoms with Crippen molar-refractivity contribution < 1.29 is 29.0 Å². The Morgan fingerprint density at radius 1 is 1.35 bits per heavy atom. The number of Topliss-reactive ketones (excluding diaryl/α,β-unsaturated/α-hetero) is 1. The Hall–Kier alpha value is -2.83. The zero-order chi connectivity index (χ0) is 17.2. The van der Waals surface area contributed by atoms with Crippen LogP contribution in [0, 0.1) is 0 Å². The van der Waals surface area contributed by atoms with Crippen LogP contribution in [0.1, 0.15) is 24.5 Å². The number of hydrogen-bond acceptors (Lipinski definition) is 5. The molecule has 0 heterocycles. The van der Waals surface area contributed by atoms with Crippen molar-refractivity contribution in [1.82, 2.24) is 5.32 Å². The van der Waals surface area contributed by atoms with E-state index in [0.717, 1.165) is 7.11 Å². The summed E-state index contributed by atoms with van der Waals surface area (Å²) in [6.07, 6.45) is -0.927. The van der Waals surface area contributed by atoms with Crippen molar-refractivity contribution >= 4 is 23.9 Å². The first kappa shape index (κ1) is 18.2. The van der Waals surface area contributed by atoms with Gasteiger partial charge in [0, 0.05) is 6.42 Å². The first-order valence-electron chi connectivity index (χ1n) is 6.81. The zero-order valence-electron chi connectivity index (χ0n) is 12.5. The molecule has 0 bridgehead atoms. The number of amides is 1. The second-order valence-electron chi connectivity index (χ2n) is 4.65. The zero-order valence-corrected chi connectivity index (χ0v) is 12.5. The van der Waals surface area contributed by atoms with Crippen LogP contribution < -0.4 is 5.32 Å². The van der Waals surface area contributed by atoms with E-state index >= 15 is 0 Å². The number of ether oxygens (including phenoxy) is 1. The van der Waals surface area contributed by atoms with Crippen molar-refractivity contribution in [3.05, 3.63) is 41.4 Å². The molecule has 0 radical (unpaired) electrons. The SMILES string of the molecule is COC(=O)[C@H](CCC(=O)C=[N+]=[N-])NC(=O)[C@@H](O)c1ccccc1. The maximum absolute atomic E-state index is 12.0. The van der Waals surface area contributed by atoms with Gasteiger partial charge in [-0.25, -0.2) is 4.79 Å². The number of ketones is 1. The highest BCUT2D eigenvalue weighted by Crippen LogP contribution is 2.13. The van der Waals surface area contributed by atoms with Gasteiger partial charge in [-0.15, -0.1) is 0 Å². The predicted molar refractivity (Wildman–Crippen MR) is 79.3 cm³/mol. The van der Waals surface area contributed by atoms with E-state index in [4.69, 9.17) is 5.53 Å². The number of rotatable bonds is 8. The molecule has 2 N–H and O–H groups in total. The second-order valence-corrected chi connectivity index (χ2v) is 4.65. The molecule has 8 nitrogen and oxygen atoms in total. The average Bonchev–Trinajstić information content (AvgIpc) is 2.58. The van der Waals surface area contributed by atoms with E-state index < -0.39 is 29.8 Å². The van der Waals surface area contributed by atoms with Gasteiger partial charge in [0.05, 0.1) is 7.11 Å². The van der Waals surface area contributed by atoms with Crippen molar-refractivity contribution in [1.29, 1.82) is 0 Å². The minimum atomic E-state index is -1.45. The van der Waals surface area contributed by atoms with Gasteiger partial charge in [0.25, 0.3) is 5.91 Å². The number of hydrogen-bond donors (Lipinski definition) is 2. The molecule has 23 heavy (non-hydrogen) atoms. The Labute approximate surface area is 132 Å². The average molecular weight is 319 g/mol. The number of esters is 1. The van der Waals surface area contributed by atoms with E-state index in [0.29, 0.717) is 11.8 Å². The maximum atomic E-state index is 12.0. The van der Waals surface area contributed by atoms with E-state index in [1.165, 1.54) is 0 Å². The number of aliphatic hydroxyl groups excluding tert-OH is 1. The van der Waals surface area contributed by atoms with Crippen LogP contribution in [-0.2, 0) is 19.1 Å². The molecule has 1 aromatic rings. The molecule has 1 rings (SSSR count). The molecule has 0 saturated heterocycles. The van der Waals surface area contributed by atoms with Crippen LogP contribution in [0.4, 0.5) is 0 Å². The molecule has 8 heteroatoms. The highest BCUT2D eigenvalue weighted by Gasteiger charge is 2.26. The summed E-state index contributed by atoms with van der Waals surface area (Å²) in [5.41, 5.74) is 8.63. The molecule has 0 aliphatic carbocycles. The molecule has 1 amide bonds. The van der Waals surface area contributed by atoms with E-state index in [1.54, 1.807) is 30.3 Å². The van der Waals surface area contributed by atoms with E-state index in [-0.39, 0.29) is 12.8 Å². The third kappa shape index (κ3) is 5.82. The number of carbonyl (C=O) groups excluding carboxylic acids is 3.